The van der Waals surface area contributed by atoms with Crippen LogP contribution >= 0.6 is 27.5 Å². The number of anilines is 1. The van der Waals surface area contributed by atoms with Gasteiger partial charge < -0.3 is 9.80 Å². The van der Waals surface area contributed by atoms with E-state index in [-0.39, 0.29) is 0 Å². The van der Waals surface area contributed by atoms with Crippen molar-refractivity contribution in [3.8, 4) is 0 Å². The van der Waals surface area contributed by atoms with Crippen molar-refractivity contribution in [1.82, 2.24) is 14.3 Å². The van der Waals surface area contributed by atoms with Crippen molar-refractivity contribution in [2.45, 2.75) is 12.6 Å². The van der Waals surface area contributed by atoms with Crippen LogP contribution in [0.4, 0.5) is 18.3 Å². The third-order valence-electron chi connectivity index (χ3n) is 2.93. The third-order valence-corrected chi connectivity index (χ3v) is 4.06. The highest BCUT2D eigenvalue weighted by Crippen LogP contribution is 2.30. The quantitative estimate of drug-likeness (QED) is 0.777. The molecule has 0 radical (unpaired) electrons. The van der Waals surface area contributed by atoms with Gasteiger partial charge in [-0.1, -0.05) is 15.9 Å². The average molecular weight is 359 g/mol. The van der Waals surface area contributed by atoms with Gasteiger partial charge in [0.05, 0.1) is 0 Å². The van der Waals surface area contributed by atoms with Crippen LogP contribution in [0.25, 0.3) is 0 Å². The summed E-state index contributed by atoms with van der Waals surface area (Å²) in [5.41, 5.74) is 0. The summed E-state index contributed by atoms with van der Waals surface area (Å²) in [5, 5.41) is 1.28. The van der Waals surface area contributed by atoms with Crippen molar-refractivity contribution in [2.24, 2.45) is 0 Å². The summed E-state index contributed by atoms with van der Waals surface area (Å²) >= 11 is 4.22. The first-order valence-electron chi connectivity index (χ1n) is 5.95. The molecule has 19 heavy (non-hydrogen) atoms. The topological polar surface area (TPSA) is 32.3 Å². The van der Waals surface area contributed by atoms with Crippen molar-refractivity contribution in [3.63, 3.8) is 0 Å². The van der Waals surface area contributed by atoms with E-state index in [1.54, 1.807) is 0 Å². The molecule has 2 heterocycles. The minimum atomic E-state index is -4.46. The van der Waals surface area contributed by atoms with Crippen LogP contribution in [0.3, 0.4) is 0 Å². The lowest BCUT2D eigenvalue weighted by atomic mass is 10.4. The summed E-state index contributed by atoms with van der Waals surface area (Å²) in [6, 6.07) is 0. The fourth-order valence-corrected chi connectivity index (χ4v) is 3.20. The Kier molecular flexibility index (Phi) is 5.02. The van der Waals surface area contributed by atoms with Gasteiger partial charge in [-0.2, -0.15) is 22.5 Å². The number of hydrogen-bond acceptors (Lipinski definition) is 5. The molecule has 0 saturated carbocycles. The minimum absolute atomic E-state index is 0.369. The van der Waals surface area contributed by atoms with Crippen molar-refractivity contribution in [2.75, 3.05) is 43.0 Å². The predicted octanol–water partition coefficient (Wildman–Crippen LogP) is 2.46. The Morgan fingerprint density at radius 3 is 2.63 bits per heavy atom. The Morgan fingerprint density at radius 2 is 2.00 bits per heavy atom. The molecule has 1 aromatic heterocycles. The molecule has 108 valence electrons. The standard InChI is InChI=1S/C10H14BrF3N4S/c11-2-5-17-3-1-4-18(7-6-17)9-15-8(16-19-9)10(12,13)14/h1-7H2. The van der Waals surface area contributed by atoms with Gasteiger partial charge in [-0.05, 0) is 13.0 Å². The number of nitrogens with zero attached hydrogens (tertiary/aromatic N) is 4. The zero-order valence-electron chi connectivity index (χ0n) is 10.2. The van der Waals surface area contributed by atoms with Crippen LogP contribution in [0.2, 0.25) is 0 Å². The van der Waals surface area contributed by atoms with Crippen LogP contribution in [-0.2, 0) is 6.18 Å². The van der Waals surface area contributed by atoms with Crippen LogP contribution in [0.5, 0.6) is 0 Å². The van der Waals surface area contributed by atoms with Gasteiger partial charge in [-0.3, -0.25) is 0 Å². The maximum atomic E-state index is 12.5. The number of hydrogen-bond donors (Lipinski definition) is 0. The van der Waals surface area contributed by atoms with E-state index < -0.39 is 12.0 Å². The summed E-state index contributed by atoms with van der Waals surface area (Å²) in [5.74, 6) is -1.03. The molecule has 0 amide bonds. The number of halogens is 4. The average Bonchev–Trinajstić information content (AvgIpc) is 2.72. The van der Waals surface area contributed by atoms with Crippen molar-refractivity contribution in [3.05, 3.63) is 5.82 Å². The molecule has 0 spiro atoms. The zero-order chi connectivity index (χ0) is 13.9. The normalized spacial score (nSPS) is 18.6. The lowest BCUT2D eigenvalue weighted by Crippen LogP contribution is -2.31. The van der Waals surface area contributed by atoms with Gasteiger partial charge in [0.25, 0.3) is 0 Å². The lowest BCUT2D eigenvalue weighted by molar-refractivity contribution is -0.144. The molecule has 0 aliphatic carbocycles. The second kappa shape index (κ2) is 6.36. The number of aromatic nitrogens is 2. The van der Waals surface area contributed by atoms with E-state index in [1.165, 1.54) is 0 Å². The van der Waals surface area contributed by atoms with Gasteiger partial charge in [-0.15, -0.1) is 0 Å². The Balaban J connectivity index is 2.00. The number of rotatable bonds is 3. The van der Waals surface area contributed by atoms with Gasteiger partial charge in [0, 0.05) is 43.0 Å². The molecule has 1 aliphatic heterocycles. The molecule has 9 heteroatoms. The van der Waals surface area contributed by atoms with E-state index in [1.807, 2.05) is 4.90 Å². The summed E-state index contributed by atoms with van der Waals surface area (Å²) < 4.78 is 40.8. The van der Waals surface area contributed by atoms with Crippen LogP contribution in [0, 0.1) is 0 Å². The van der Waals surface area contributed by atoms with Gasteiger partial charge >= 0.3 is 6.18 Å². The monoisotopic (exact) mass is 358 g/mol. The molecule has 0 unspecified atom stereocenters. The van der Waals surface area contributed by atoms with Gasteiger partial charge in [-0.25, -0.2) is 0 Å². The van der Waals surface area contributed by atoms with E-state index in [0.29, 0.717) is 11.7 Å². The molecule has 1 aliphatic rings. The van der Waals surface area contributed by atoms with Crippen LogP contribution in [0.1, 0.15) is 12.2 Å². The van der Waals surface area contributed by atoms with Gasteiger partial charge in [0.15, 0.2) is 0 Å². The van der Waals surface area contributed by atoms with Crippen molar-refractivity contribution >= 4 is 32.6 Å². The molecule has 1 fully saturated rings. The van der Waals surface area contributed by atoms with E-state index >= 15 is 0 Å². The maximum Gasteiger partial charge on any atom is 0.452 e. The molecule has 1 aromatic rings. The molecule has 2 rings (SSSR count). The van der Waals surface area contributed by atoms with Gasteiger partial charge in [0.2, 0.25) is 11.0 Å². The first-order chi connectivity index (χ1) is 9.00. The first-order valence-corrected chi connectivity index (χ1v) is 7.84. The molecule has 0 bridgehead atoms. The fraction of sp³-hybridized carbons (Fsp3) is 0.800. The van der Waals surface area contributed by atoms with Crippen LogP contribution in [0.15, 0.2) is 0 Å². The molecular formula is C10H14BrF3N4S. The van der Waals surface area contributed by atoms with Crippen LogP contribution < -0.4 is 4.90 Å². The summed E-state index contributed by atoms with van der Waals surface area (Å²) in [4.78, 5) is 7.78. The highest BCUT2D eigenvalue weighted by molar-refractivity contribution is 9.09. The van der Waals surface area contributed by atoms with Crippen LogP contribution in [-0.4, -0.2) is 52.3 Å². The number of alkyl halides is 4. The highest BCUT2D eigenvalue weighted by Gasteiger charge is 2.36. The molecular weight excluding hydrogens is 345 g/mol. The largest absolute Gasteiger partial charge is 0.452 e. The Bertz CT molecular complexity index is 412. The van der Waals surface area contributed by atoms with Crippen molar-refractivity contribution in [1.29, 1.82) is 0 Å². The second-order valence-electron chi connectivity index (χ2n) is 4.27. The Morgan fingerprint density at radius 1 is 1.21 bits per heavy atom. The molecule has 0 N–H and O–H groups in total. The van der Waals surface area contributed by atoms with E-state index in [4.69, 9.17) is 0 Å². The summed E-state index contributed by atoms with van der Waals surface area (Å²) in [6.45, 7) is 4.18. The minimum Gasteiger partial charge on any atom is -0.346 e. The summed E-state index contributed by atoms with van der Waals surface area (Å²) in [7, 11) is 0. The fourth-order valence-electron chi connectivity index (χ4n) is 1.96. The maximum absolute atomic E-state index is 12.5. The van der Waals surface area contributed by atoms with Crippen molar-refractivity contribution < 1.29 is 13.2 Å². The Labute approximate surface area is 121 Å². The summed E-state index contributed by atoms with van der Waals surface area (Å²) in [6.07, 6.45) is -3.53. The second-order valence-corrected chi connectivity index (χ2v) is 5.79. The lowest BCUT2D eigenvalue weighted by Gasteiger charge is -2.20. The predicted molar refractivity (Wildman–Crippen MR) is 72.0 cm³/mol. The molecule has 4 nitrogen and oxygen atoms in total. The van der Waals surface area contributed by atoms with E-state index in [2.05, 4.69) is 30.2 Å². The smallest absolute Gasteiger partial charge is 0.346 e. The van der Waals surface area contributed by atoms with Gasteiger partial charge in [0.1, 0.15) is 0 Å². The third kappa shape index (κ3) is 4.03. The van der Waals surface area contributed by atoms with E-state index in [0.717, 1.165) is 49.5 Å². The molecule has 0 aromatic carbocycles. The zero-order valence-corrected chi connectivity index (χ0v) is 12.6. The first kappa shape index (κ1) is 15.0. The van der Waals surface area contributed by atoms with E-state index in [9.17, 15) is 13.2 Å². The molecule has 1 saturated heterocycles. The highest BCUT2D eigenvalue weighted by atomic mass is 79.9. The Hall–Kier alpha value is -0.410. The SMILES string of the molecule is FC(F)(F)c1nsc(N2CCCN(CCBr)CC2)n1. The molecule has 0 atom stereocenters.